The van der Waals surface area contributed by atoms with Gasteiger partial charge in [0.1, 0.15) is 0 Å². The molecule has 2 aromatic rings. The van der Waals surface area contributed by atoms with E-state index >= 15 is 0 Å². The molecule has 0 radical (unpaired) electrons. The van der Waals surface area contributed by atoms with E-state index in [0.29, 0.717) is 6.42 Å². The fourth-order valence-corrected chi connectivity index (χ4v) is 2.28. The fourth-order valence-electron chi connectivity index (χ4n) is 2.28. The van der Waals surface area contributed by atoms with Gasteiger partial charge < -0.3 is 5.32 Å². The third-order valence-electron chi connectivity index (χ3n) is 3.47. The molecule has 1 atom stereocenters. The van der Waals surface area contributed by atoms with Crippen LogP contribution in [0.25, 0.3) is 0 Å². The molecule has 1 N–H and O–H groups in total. The number of amides is 1. The first-order chi connectivity index (χ1) is 9.58. The Morgan fingerprint density at radius 2 is 1.70 bits per heavy atom. The molecule has 1 aromatic heterocycles. The Morgan fingerprint density at radius 1 is 1.10 bits per heavy atom. The minimum absolute atomic E-state index is 0.0475. The predicted octanol–water partition coefficient (Wildman–Crippen LogP) is 3.18. The number of carbonyl (C=O) groups excluding carboxylic acids is 1. The lowest BCUT2D eigenvalue weighted by atomic mass is 10.1. The van der Waals surface area contributed by atoms with Crippen molar-refractivity contribution < 1.29 is 9.36 Å². The molecular weight excluding hydrogens is 248 g/mol. The van der Waals surface area contributed by atoms with E-state index in [-0.39, 0.29) is 11.9 Å². The van der Waals surface area contributed by atoms with Gasteiger partial charge in [0.05, 0.1) is 6.42 Å². The second-order valence-electron chi connectivity index (χ2n) is 5.19. The molecule has 2 rings (SSSR count). The number of anilines is 1. The number of hydrogen-bond donors (Lipinski definition) is 1. The van der Waals surface area contributed by atoms with Crippen molar-refractivity contribution in [3.63, 3.8) is 0 Å². The monoisotopic (exact) mass is 269 g/mol. The number of nitrogens with one attached hydrogen (secondary N) is 1. The van der Waals surface area contributed by atoms with Crippen molar-refractivity contribution in [2.45, 2.75) is 33.2 Å². The van der Waals surface area contributed by atoms with Crippen molar-refractivity contribution in [1.82, 2.24) is 0 Å². The minimum Gasteiger partial charge on any atom is -0.325 e. The van der Waals surface area contributed by atoms with Gasteiger partial charge in [-0.15, -0.1) is 0 Å². The number of rotatable bonds is 4. The maximum atomic E-state index is 12.2. The first kappa shape index (κ1) is 14.3. The summed E-state index contributed by atoms with van der Waals surface area (Å²) in [7, 11) is 0. The van der Waals surface area contributed by atoms with Gasteiger partial charge in [0, 0.05) is 17.8 Å². The summed E-state index contributed by atoms with van der Waals surface area (Å²) in [6.07, 6.45) is 4.43. The van der Waals surface area contributed by atoms with Crippen molar-refractivity contribution >= 4 is 11.6 Å². The summed E-state index contributed by atoms with van der Waals surface area (Å²) in [5.41, 5.74) is 3.12. The molecule has 0 bridgehead atoms. The quantitative estimate of drug-likeness (QED) is 0.850. The lowest BCUT2D eigenvalue weighted by molar-refractivity contribution is -0.718. The van der Waals surface area contributed by atoms with Crippen LogP contribution in [-0.2, 0) is 4.79 Å². The molecule has 0 spiro atoms. The highest BCUT2D eigenvalue weighted by Crippen LogP contribution is 2.20. The van der Waals surface area contributed by atoms with Gasteiger partial charge >= 0.3 is 0 Å². The molecule has 20 heavy (non-hydrogen) atoms. The normalized spacial score (nSPS) is 11.9. The number of aromatic nitrogens is 1. The van der Waals surface area contributed by atoms with E-state index in [4.69, 9.17) is 0 Å². The second-order valence-corrected chi connectivity index (χ2v) is 5.19. The summed E-state index contributed by atoms with van der Waals surface area (Å²) in [6, 6.07) is 12.1. The molecule has 0 fully saturated rings. The maximum Gasteiger partial charge on any atom is 0.231 e. The Labute approximate surface area is 120 Å². The zero-order chi connectivity index (χ0) is 14.5. The smallest absolute Gasteiger partial charge is 0.231 e. The number of nitrogens with zero attached hydrogens (tertiary/aromatic N) is 1. The van der Waals surface area contributed by atoms with E-state index in [0.717, 1.165) is 16.8 Å². The van der Waals surface area contributed by atoms with Gasteiger partial charge in [-0.2, -0.15) is 0 Å². The summed E-state index contributed by atoms with van der Waals surface area (Å²) in [5.74, 6) is 0.0475. The average Bonchev–Trinajstić information content (AvgIpc) is 2.44. The molecule has 1 heterocycles. The van der Waals surface area contributed by atoms with Gasteiger partial charge in [-0.3, -0.25) is 4.79 Å². The summed E-state index contributed by atoms with van der Waals surface area (Å²) in [4.78, 5) is 12.2. The van der Waals surface area contributed by atoms with Gasteiger partial charge in [0.15, 0.2) is 18.4 Å². The third-order valence-corrected chi connectivity index (χ3v) is 3.47. The van der Waals surface area contributed by atoms with E-state index in [1.54, 1.807) is 0 Å². The van der Waals surface area contributed by atoms with E-state index in [1.807, 2.05) is 74.1 Å². The molecule has 104 valence electrons. The molecule has 3 nitrogen and oxygen atoms in total. The van der Waals surface area contributed by atoms with E-state index < -0.39 is 0 Å². The molecular formula is C17H21N2O+. The van der Waals surface area contributed by atoms with Crippen molar-refractivity contribution in [2.24, 2.45) is 0 Å². The fraction of sp³-hybridized carbons (Fsp3) is 0.294. The number of hydrogen-bond acceptors (Lipinski definition) is 1. The second kappa shape index (κ2) is 6.33. The summed E-state index contributed by atoms with van der Waals surface area (Å²) < 4.78 is 2.05. The van der Waals surface area contributed by atoms with E-state index in [1.165, 1.54) is 0 Å². The topological polar surface area (TPSA) is 33.0 Å². The number of pyridine rings is 1. The average molecular weight is 269 g/mol. The molecule has 0 aliphatic rings. The molecule has 0 saturated heterocycles. The van der Waals surface area contributed by atoms with Crippen molar-refractivity contribution in [3.8, 4) is 0 Å². The van der Waals surface area contributed by atoms with Crippen molar-refractivity contribution in [3.05, 3.63) is 59.9 Å². The predicted molar refractivity (Wildman–Crippen MR) is 80.5 cm³/mol. The molecule has 1 aromatic carbocycles. The largest absolute Gasteiger partial charge is 0.325 e. The highest BCUT2D eigenvalue weighted by molar-refractivity contribution is 5.92. The van der Waals surface area contributed by atoms with Crippen LogP contribution < -0.4 is 9.88 Å². The van der Waals surface area contributed by atoms with Crippen molar-refractivity contribution in [2.75, 3.05) is 5.32 Å². The maximum absolute atomic E-state index is 12.2. The van der Waals surface area contributed by atoms with Gasteiger partial charge in [-0.1, -0.05) is 24.3 Å². The van der Waals surface area contributed by atoms with Crippen LogP contribution >= 0.6 is 0 Å². The van der Waals surface area contributed by atoms with Crippen molar-refractivity contribution in [1.29, 1.82) is 0 Å². The SMILES string of the molecule is Cc1cccc(C)c1NC(=O)C[C@H](C)[n+]1ccccc1. The number of benzene rings is 1. The molecule has 0 saturated carbocycles. The van der Waals surface area contributed by atoms with Gasteiger partial charge in [-0.05, 0) is 31.9 Å². The number of aryl methyl sites for hydroxylation is 2. The van der Waals surface area contributed by atoms with Crippen LogP contribution in [0.5, 0.6) is 0 Å². The molecule has 0 unspecified atom stereocenters. The zero-order valence-corrected chi connectivity index (χ0v) is 12.3. The summed E-state index contributed by atoms with van der Waals surface area (Å²) in [6.45, 7) is 6.07. The zero-order valence-electron chi connectivity index (χ0n) is 12.3. The first-order valence-electron chi connectivity index (χ1n) is 6.90. The lowest BCUT2D eigenvalue weighted by Gasteiger charge is -2.12. The third kappa shape index (κ3) is 3.44. The summed E-state index contributed by atoms with van der Waals surface area (Å²) in [5, 5.41) is 3.03. The highest BCUT2D eigenvalue weighted by atomic mass is 16.1. The summed E-state index contributed by atoms with van der Waals surface area (Å²) >= 11 is 0. The van der Waals surface area contributed by atoms with Gasteiger partial charge in [0.2, 0.25) is 5.91 Å². The van der Waals surface area contributed by atoms with Gasteiger partial charge in [-0.25, -0.2) is 4.57 Å². The van der Waals surface area contributed by atoms with E-state index in [2.05, 4.69) is 5.32 Å². The van der Waals surface area contributed by atoms with Crippen LogP contribution in [0.3, 0.4) is 0 Å². The van der Waals surface area contributed by atoms with E-state index in [9.17, 15) is 4.79 Å². The highest BCUT2D eigenvalue weighted by Gasteiger charge is 2.17. The molecule has 0 aliphatic heterocycles. The Balaban J connectivity index is 2.03. The Kier molecular flexibility index (Phi) is 4.51. The van der Waals surface area contributed by atoms with Crippen LogP contribution in [0.1, 0.15) is 30.5 Å². The van der Waals surface area contributed by atoms with Crippen LogP contribution in [0.4, 0.5) is 5.69 Å². The van der Waals surface area contributed by atoms with Crippen LogP contribution in [0.15, 0.2) is 48.8 Å². The molecule has 0 aliphatic carbocycles. The molecule has 1 amide bonds. The first-order valence-corrected chi connectivity index (χ1v) is 6.90. The van der Waals surface area contributed by atoms with Crippen LogP contribution in [-0.4, -0.2) is 5.91 Å². The Bertz CT molecular complexity index is 573. The number of carbonyl (C=O) groups is 1. The lowest BCUT2D eigenvalue weighted by Crippen LogP contribution is -2.38. The van der Waals surface area contributed by atoms with Crippen LogP contribution in [0, 0.1) is 13.8 Å². The Morgan fingerprint density at radius 3 is 2.30 bits per heavy atom. The van der Waals surface area contributed by atoms with Crippen LogP contribution in [0.2, 0.25) is 0 Å². The standard InChI is InChI=1S/C17H20N2O/c1-13-8-7-9-14(2)17(13)18-16(20)12-15(3)19-10-5-4-6-11-19/h4-11,15H,12H2,1-3H3/p+1/t15-/m0/s1. The van der Waals surface area contributed by atoms with Gasteiger partial charge in [0.25, 0.3) is 0 Å². The molecule has 3 heteroatoms. The Hall–Kier alpha value is -2.16. The number of para-hydroxylation sites is 1. The minimum atomic E-state index is 0.0475.